The van der Waals surface area contributed by atoms with E-state index < -0.39 is 16.5 Å². The number of halogens is 2. The molecule has 148 valence electrons. The smallest absolute Gasteiger partial charge is 0.354 e. The van der Waals surface area contributed by atoms with Gasteiger partial charge in [-0.05, 0) is 29.8 Å². The molecule has 0 spiro atoms. The van der Waals surface area contributed by atoms with Gasteiger partial charge < -0.3 is 5.32 Å². The fourth-order valence-corrected chi connectivity index (χ4v) is 2.80. The lowest BCUT2D eigenvalue weighted by Gasteiger charge is -2.11. The van der Waals surface area contributed by atoms with Crippen LogP contribution in [0.3, 0.4) is 0 Å². The van der Waals surface area contributed by atoms with E-state index in [1.54, 1.807) is 42.5 Å². The standard InChI is InChI=1S/C18H14Cl2N6O3/c19-13-6-3-5-11(8-13)18(27)25-24-17-15(26(28)29)16(22-10-23-17)21-9-12-4-1-2-7-14(12)20/h1-8,10H,9H2,(H,25,27)(H2,21,22,23,24). The SMILES string of the molecule is O=C(NNc1ncnc(NCc2ccccc2Cl)c1[N+](=O)[O-])c1cccc(Cl)c1. The van der Waals surface area contributed by atoms with Gasteiger partial charge in [-0.15, -0.1) is 0 Å². The first-order chi connectivity index (χ1) is 14.0. The molecule has 0 aliphatic carbocycles. The minimum Gasteiger partial charge on any atom is -0.360 e. The summed E-state index contributed by atoms with van der Waals surface area (Å²) >= 11 is 12.0. The van der Waals surface area contributed by atoms with Crippen LogP contribution in [0.5, 0.6) is 0 Å². The minimum absolute atomic E-state index is 0.0237. The molecule has 1 amide bonds. The lowest BCUT2D eigenvalue weighted by atomic mass is 10.2. The number of carbonyl (C=O) groups excluding carboxylic acids is 1. The number of amides is 1. The summed E-state index contributed by atoms with van der Waals surface area (Å²) < 4.78 is 0. The lowest BCUT2D eigenvalue weighted by Crippen LogP contribution is -2.30. The topological polar surface area (TPSA) is 122 Å². The molecule has 0 aliphatic heterocycles. The summed E-state index contributed by atoms with van der Waals surface area (Å²) in [5, 5.41) is 15.3. The van der Waals surface area contributed by atoms with Gasteiger partial charge in [0.1, 0.15) is 6.33 Å². The molecule has 29 heavy (non-hydrogen) atoms. The van der Waals surface area contributed by atoms with Gasteiger partial charge in [0.25, 0.3) is 5.91 Å². The zero-order valence-corrected chi connectivity index (χ0v) is 16.2. The molecule has 0 saturated heterocycles. The zero-order chi connectivity index (χ0) is 20.8. The molecule has 0 atom stereocenters. The molecule has 0 aliphatic rings. The average molecular weight is 433 g/mol. The number of hydrogen-bond acceptors (Lipinski definition) is 7. The van der Waals surface area contributed by atoms with Crippen molar-refractivity contribution in [3.8, 4) is 0 Å². The molecule has 2 aromatic carbocycles. The van der Waals surface area contributed by atoms with Gasteiger partial charge in [0.05, 0.1) is 4.92 Å². The number of hydrazine groups is 1. The van der Waals surface area contributed by atoms with E-state index in [0.29, 0.717) is 10.0 Å². The third kappa shape index (κ3) is 5.09. The van der Waals surface area contributed by atoms with Crippen molar-refractivity contribution in [3.63, 3.8) is 0 Å². The van der Waals surface area contributed by atoms with Crippen LogP contribution in [-0.2, 0) is 6.54 Å². The van der Waals surface area contributed by atoms with Crippen LogP contribution < -0.4 is 16.2 Å². The van der Waals surface area contributed by atoms with Crippen LogP contribution in [0.2, 0.25) is 10.0 Å². The van der Waals surface area contributed by atoms with Crippen LogP contribution in [0.15, 0.2) is 54.9 Å². The maximum absolute atomic E-state index is 12.2. The summed E-state index contributed by atoms with van der Waals surface area (Å²) in [6.45, 7) is 0.214. The van der Waals surface area contributed by atoms with Gasteiger partial charge in [0.15, 0.2) is 0 Å². The first kappa shape index (κ1) is 20.3. The molecule has 0 saturated carbocycles. The Morgan fingerprint density at radius 2 is 1.83 bits per heavy atom. The van der Waals surface area contributed by atoms with Crippen molar-refractivity contribution in [2.75, 3.05) is 10.7 Å². The number of nitro groups is 1. The predicted molar refractivity (Wildman–Crippen MR) is 110 cm³/mol. The Kier molecular flexibility index (Phi) is 6.43. The average Bonchev–Trinajstić information content (AvgIpc) is 2.71. The number of anilines is 2. The highest BCUT2D eigenvalue weighted by atomic mass is 35.5. The highest BCUT2D eigenvalue weighted by Gasteiger charge is 2.23. The van der Waals surface area contributed by atoms with Crippen molar-refractivity contribution in [2.45, 2.75) is 6.54 Å². The number of hydrogen-bond donors (Lipinski definition) is 3. The summed E-state index contributed by atoms with van der Waals surface area (Å²) in [6, 6.07) is 13.3. The van der Waals surface area contributed by atoms with E-state index in [0.717, 1.165) is 11.9 Å². The van der Waals surface area contributed by atoms with E-state index in [9.17, 15) is 14.9 Å². The van der Waals surface area contributed by atoms with Crippen molar-refractivity contribution in [1.29, 1.82) is 0 Å². The first-order valence-corrected chi connectivity index (χ1v) is 9.00. The Labute approximate surface area is 175 Å². The van der Waals surface area contributed by atoms with E-state index in [-0.39, 0.29) is 23.7 Å². The first-order valence-electron chi connectivity index (χ1n) is 8.24. The molecule has 1 heterocycles. The number of aromatic nitrogens is 2. The highest BCUT2D eigenvalue weighted by Crippen LogP contribution is 2.29. The molecular formula is C18H14Cl2N6O3. The molecule has 0 radical (unpaired) electrons. The monoisotopic (exact) mass is 432 g/mol. The number of nitrogens with one attached hydrogen (secondary N) is 3. The largest absolute Gasteiger partial charge is 0.360 e. The van der Waals surface area contributed by atoms with E-state index in [1.807, 2.05) is 0 Å². The van der Waals surface area contributed by atoms with Gasteiger partial charge in [-0.1, -0.05) is 47.5 Å². The summed E-state index contributed by atoms with van der Waals surface area (Å²) in [7, 11) is 0. The van der Waals surface area contributed by atoms with E-state index >= 15 is 0 Å². The normalized spacial score (nSPS) is 10.3. The molecular weight excluding hydrogens is 419 g/mol. The molecule has 0 unspecified atom stereocenters. The Bertz CT molecular complexity index is 1060. The van der Waals surface area contributed by atoms with Crippen LogP contribution in [0, 0.1) is 10.1 Å². The van der Waals surface area contributed by atoms with Crippen LogP contribution >= 0.6 is 23.2 Å². The second-order valence-electron chi connectivity index (χ2n) is 5.71. The predicted octanol–water partition coefficient (Wildman–Crippen LogP) is 4.06. The van der Waals surface area contributed by atoms with Crippen molar-refractivity contribution in [3.05, 3.63) is 86.1 Å². The van der Waals surface area contributed by atoms with Crippen LogP contribution in [-0.4, -0.2) is 20.8 Å². The molecule has 9 nitrogen and oxygen atoms in total. The fourth-order valence-electron chi connectivity index (χ4n) is 2.41. The van der Waals surface area contributed by atoms with Crippen LogP contribution in [0.1, 0.15) is 15.9 Å². The Hall–Kier alpha value is -3.43. The summed E-state index contributed by atoms with van der Waals surface area (Å²) in [6.07, 6.45) is 1.13. The molecule has 0 fully saturated rings. The summed E-state index contributed by atoms with van der Waals surface area (Å²) in [4.78, 5) is 30.9. The quantitative estimate of drug-likeness (QED) is 0.379. The van der Waals surface area contributed by atoms with Crippen molar-refractivity contribution in [1.82, 2.24) is 15.4 Å². The van der Waals surface area contributed by atoms with Crippen LogP contribution in [0.25, 0.3) is 0 Å². The molecule has 3 rings (SSSR count). The van der Waals surface area contributed by atoms with Crippen molar-refractivity contribution in [2.24, 2.45) is 0 Å². The molecule has 11 heteroatoms. The number of carbonyl (C=O) groups is 1. The maximum Gasteiger partial charge on any atom is 0.354 e. The molecule has 0 bridgehead atoms. The third-order valence-electron chi connectivity index (χ3n) is 3.79. The van der Waals surface area contributed by atoms with Crippen molar-refractivity contribution >= 4 is 46.4 Å². The highest BCUT2D eigenvalue weighted by molar-refractivity contribution is 6.31. The van der Waals surface area contributed by atoms with Crippen molar-refractivity contribution < 1.29 is 9.72 Å². The maximum atomic E-state index is 12.2. The van der Waals surface area contributed by atoms with E-state index in [1.165, 1.54) is 6.07 Å². The number of nitrogens with zero attached hydrogens (tertiary/aromatic N) is 3. The molecule has 3 aromatic rings. The van der Waals surface area contributed by atoms with Gasteiger partial charge in [0, 0.05) is 22.2 Å². The second-order valence-corrected chi connectivity index (χ2v) is 6.55. The van der Waals surface area contributed by atoms with Gasteiger partial charge in [-0.3, -0.25) is 25.8 Å². The minimum atomic E-state index is -0.650. The summed E-state index contributed by atoms with van der Waals surface area (Å²) in [5.74, 6) is -0.738. The van der Waals surface area contributed by atoms with Gasteiger partial charge >= 0.3 is 5.69 Å². The molecule has 1 aromatic heterocycles. The van der Waals surface area contributed by atoms with E-state index in [2.05, 4.69) is 26.1 Å². The van der Waals surface area contributed by atoms with Gasteiger partial charge in [-0.25, -0.2) is 9.97 Å². The Morgan fingerprint density at radius 1 is 1.07 bits per heavy atom. The molecule has 3 N–H and O–H groups in total. The number of rotatable bonds is 7. The Morgan fingerprint density at radius 3 is 2.55 bits per heavy atom. The van der Waals surface area contributed by atoms with Gasteiger partial charge in [-0.2, -0.15) is 0 Å². The fraction of sp³-hybridized carbons (Fsp3) is 0.0556. The third-order valence-corrected chi connectivity index (χ3v) is 4.39. The Balaban J connectivity index is 1.77. The zero-order valence-electron chi connectivity index (χ0n) is 14.7. The van der Waals surface area contributed by atoms with E-state index in [4.69, 9.17) is 23.2 Å². The number of benzene rings is 2. The lowest BCUT2D eigenvalue weighted by molar-refractivity contribution is -0.383. The summed E-state index contributed by atoms with van der Waals surface area (Å²) in [5.41, 5.74) is 5.41. The van der Waals surface area contributed by atoms with Gasteiger partial charge in [0.2, 0.25) is 11.6 Å². The second kappa shape index (κ2) is 9.18. The van der Waals surface area contributed by atoms with Crippen LogP contribution in [0.4, 0.5) is 17.3 Å².